The van der Waals surface area contributed by atoms with Gasteiger partial charge < -0.3 is 15.2 Å². The minimum atomic E-state index is -0.703. The summed E-state index contributed by atoms with van der Waals surface area (Å²) in [4.78, 5) is 51.4. The number of carbonyl (C=O) groups excluding carboxylic acids is 3. The first-order valence-electron chi connectivity index (χ1n) is 17.3. The van der Waals surface area contributed by atoms with Crippen LogP contribution in [0.2, 0.25) is 0 Å². The molecule has 11 nitrogen and oxygen atoms in total. The SMILES string of the molecule is Cc1cc(SCC2=C(C(=O)OC(c3ccccc3)c3ccccc3)N3C(=O)C(N)[C@H]3SC2)n2nc(C(=O)OC(c3ccccc3)c3ccccc3)nc2n1. The van der Waals surface area contributed by atoms with E-state index in [4.69, 9.17) is 15.2 Å². The van der Waals surface area contributed by atoms with Gasteiger partial charge in [-0.1, -0.05) is 121 Å². The fourth-order valence-electron chi connectivity index (χ4n) is 6.47. The number of aromatic nitrogens is 4. The molecule has 1 unspecified atom stereocenters. The zero-order valence-electron chi connectivity index (χ0n) is 29.0. The summed E-state index contributed by atoms with van der Waals surface area (Å²) >= 11 is 2.90. The number of β-lactam (4-membered cyclic amide) rings is 1. The van der Waals surface area contributed by atoms with E-state index in [0.717, 1.165) is 22.3 Å². The molecule has 270 valence electrons. The molecular weight excluding hydrogens is 721 g/mol. The van der Waals surface area contributed by atoms with Crippen molar-refractivity contribution >= 4 is 47.1 Å². The molecule has 54 heavy (non-hydrogen) atoms. The van der Waals surface area contributed by atoms with Gasteiger partial charge in [-0.3, -0.25) is 9.69 Å². The fraction of sp³-hybridized carbons (Fsp3) is 0.171. The maximum Gasteiger partial charge on any atom is 0.379 e. The standard InChI is InChI=1S/C41H34N6O5S2/c1-25-22-31(47-41(43-25)44-36(45-47)40(50)52-35(28-18-10-4-11-19-28)29-20-12-5-13-21-29)53-23-30-24-54-38-32(42)37(48)46(38)33(30)39(49)51-34(26-14-6-2-7-15-26)27-16-8-3-9-17-27/h2-22,32,34-35,38H,23-24,42H2,1H3/t32?,38-/m1/s1. The first-order valence-corrected chi connectivity index (χ1v) is 19.3. The van der Waals surface area contributed by atoms with Crippen LogP contribution in [0.5, 0.6) is 0 Å². The Labute approximate surface area is 319 Å². The molecule has 8 rings (SSSR count). The maximum absolute atomic E-state index is 14.2. The van der Waals surface area contributed by atoms with E-state index in [1.54, 1.807) is 0 Å². The van der Waals surface area contributed by atoms with Crippen LogP contribution in [0.1, 0.15) is 50.8 Å². The van der Waals surface area contributed by atoms with Gasteiger partial charge in [-0.25, -0.2) is 14.6 Å². The average molecular weight is 755 g/mol. The van der Waals surface area contributed by atoms with E-state index in [2.05, 4.69) is 15.1 Å². The van der Waals surface area contributed by atoms with E-state index < -0.39 is 30.2 Å². The predicted octanol–water partition coefficient (Wildman–Crippen LogP) is 6.30. The number of benzene rings is 4. The number of thioether (sulfide) groups is 2. The molecule has 1 amide bonds. The van der Waals surface area contributed by atoms with Crippen LogP contribution in [0.15, 0.2) is 144 Å². The number of rotatable bonds is 11. The van der Waals surface area contributed by atoms with Crippen LogP contribution in [0.25, 0.3) is 5.78 Å². The molecule has 0 bridgehead atoms. The number of esters is 2. The summed E-state index contributed by atoms with van der Waals surface area (Å²) in [6.07, 6.45) is -1.37. The minimum absolute atomic E-state index is 0.139. The molecule has 2 atom stereocenters. The number of nitrogens with two attached hydrogens (primary N) is 1. The van der Waals surface area contributed by atoms with Gasteiger partial charge in [0.25, 0.3) is 11.6 Å². The lowest BCUT2D eigenvalue weighted by atomic mass is 10.0. The van der Waals surface area contributed by atoms with Gasteiger partial charge in [0.05, 0.1) is 0 Å². The summed E-state index contributed by atoms with van der Waals surface area (Å²) in [6.45, 7) is 1.83. The smallest absolute Gasteiger partial charge is 0.379 e. The number of hydrogen-bond acceptors (Lipinski definition) is 11. The van der Waals surface area contributed by atoms with Gasteiger partial charge in [0.1, 0.15) is 22.1 Å². The molecule has 2 aliphatic rings. The molecule has 0 spiro atoms. The fourth-order valence-corrected chi connectivity index (χ4v) is 8.96. The molecule has 2 N–H and O–H groups in total. The summed E-state index contributed by atoms with van der Waals surface area (Å²) < 4.78 is 13.8. The molecule has 2 aliphatic heterocycles. The van der Waals surface area contributed by atoms with E-state index >= 15 is 0 Å². The van der Waals surface area contributed by atoms with Gasteiger partial charge in [0, 0.05) is 17.2 Å². The lowest BCUT2D eigenvalue weighted by Gasteiger charge is -2.48. The van der Waals surface area contributed by atoms with Crippen molar-refractivity contribution < 1.29 is 23.9 Å². The average Bonchev–Trinajstić information content (AvgIpc) is 3.66. The Morgan fingerprint density at radius 2 is 1.30 bits per heavy atom. The molecule has 2 aromatic heterocycles. The number of hydrogen-bond donors (Lipinski definition) is 1. The highest BCUT2D eigenvalue weighted by molar-refractivity contribution is 8.01. The lowest BCUT2D eigenvalue weighted by Crippen LogP contribution is -2.68. The Hall–Kier alpha value is -5.76. The quantitative estimate of drug-likeness (QED) is 0.0690. The van der Waals surface area contributed by atoms with Gasteiger partial charge in [-0.05, 0) is 40.8 Å². The molecule has 13 heteroatoms. The van der Waals surface area contributed by atoms with Gasteiger partial charge in [-0.2, -0.15) is 9.50 Å². The normalized spacial score (nSPS) is 16.7. The van der Waals surface area contributed by atoms with Crippen molar-refractivity contribution in [1.29, 1.82) is 0 Å². The summed E-state index contributed by atoms with van der Waals surface area (Å²) in [5, 5.41) is 4.80. The second kappa shape index (κ2) is 15.3. The van der Waals surface area contributed by atoms with Crippen LogP contribution in [-0.2, 0) is 19.1 Å². The molecular formula is C41H34N6O5S2. The minimum Gasteiger partial charge on any atom is -0.448 e. The Balaban J connectivity index is 1.08. The molecule has 6 aromatic rings. The molecule has 0 aliphatic carbocycles. The van der Waals surface area contributed by atoms with E-state index in [9.17, 15) is 14.4 Å². The number of aryl methyl sites for hydroxylation is 1. The van der Waals surface area contributed by atoms with E-state index in [1.165, 1.54) is 32.9 Å². The predicted molar refractivity (Wildman–Crippen MR) is 205 cm³/mol. The Bertz CT molecular complexity index is 2280. The Morgan fingerprint density at radius 3 is 1.81 bits per heavy atom. The van der Waals surface area contributed by atoms with Gasteiger partial charge >= 0.3 is 11.9 Å². The largest absolute Gasteiger partial charge is 0.448 e. The number of carbonyl (C=O) groups is 3. The number of ether oxygens (including phenoxy) is 2. The summed E-state index contributed by atoms with van der Waals surface area (Å²) in [6, 6.07) is 39.1. The van der Waals surface area contributed by atoms with Crippen LogP contribution >= 0.6 is 23.5 Å². The van der Waals surface area contributed by atoms with Crippen LogP contribution in [0, 0.1) is 6.92 Å². The van der Waals surface area contributed by atoms with Crippen molar-refractivity contribution in [1.82, 2.24) is 24.5 Å². The monoisotopic (exact) mass is 754 g/mol. The van der Waals surface area contributed by atoms with Crippen molar-refractivity contribution in [3.05, 3.63) is 172 Å². The van der Waals surface area contributed by atoms with Gasteiger partial charge in [0.2, 0.25) is 5.91 Å². The van der Waals surface area contributed by atoms with Crippen LogP contribution in [-0.4, -0.2) is 65.2 Å². The second-order valence-electron chi connectivity index (χ2n) is 12.8. The van der Waals surface area contributed by atoms with Crippen LogP contribution in [0.3, 0.4) is 0 Å². The summed E-state index contributed by atoms with van der Waals surface area (Å²) in [5.41, 5.74) is 11.0. The second-order valence-corrected chi connectivity index (χ2v) is 14.9. The highest BCUT2D eigenvalue weighted by Crippen LogP contribution is 2.42. The zero-order chi connectivity index (χ0) is 37.2. The van der Waals surface area contributed by atoms with E-state index in [1.807, 2.05) is 134 Å². The third-order valence-corrected chi connectivity index (χ3v) is 11.6. The Morgan fingerprint density at radius 1 is 0.796 bits per heavy atom. The third-order valence-electron chi connectivity index (χ3n) is 9.13. The van der Waals surface area contributed by atoms with Crippen molar-refractivity contribution in [2.75, 3.05) is 11.5 Å². The number of amides is 1. The van der Waals surface area contributed by atoms with E-state index in [0.29, 0.717) is 27.8 Å². The van der Waals surface area contributed by atoms with Crippen molar-refractivity contribution in [2.24, 2.45) is 5.73 Å². The third kappa shape index (κ3) is 7.00. The van der Waals surface area contributed by atoms with E-state index in [-0.39, 0.29) is 28.6 Å². The highest BCUT2D eigenvalue weighted by atomic mass is 32.2. The summed E-state index contributed by atoms with van der Waals surface area (Å²) in [7, 11) is 0. The highest BCUT2D eigenvalue weighted by Gasteiger charge is 2.52. The molecule has 1 saturated heterocycles. The van der Waals surface area contributed by atoms with Gasteiger partial charge in [0.15, 0.2) is 12.2 Å². The first kappa shape index (κ1) is 35.3. The molecule has 0 radical (unpaired) electrons. The van der Waals surface area contributed by atoms with Crippen molar-refractivity contribution in [3.63, 3.8) is 0 Å². The topological polar surface area (TPSA) is 142 Å². The Kier molecular flexibility index (Phi) is 10.00. The zero-order valence-corrected chi connectivity index (χ0v) is 30.7. The molecule has 1 fully saturated rings. The first-order chi connectivity index (χ1) is 26.4. The van der Waals surface area contributed by atoms with Crippen molar-refractivity contribution in [3.8, 4) is 0 Å². The molecule has 4 aromatic carbocycles. The molecule has 4 heterocycles. The maximum atomic E-state index is 14.2. The van der Waals surface area contributed by atoms with Crippen molar-refractivity contribution in [2.45, 2.75) is 35.6 Å². The number of fused-ring (bicyclic) bond motifs is 2. The van der Waals surface area contributed by atoms with Crippen LogP contribution in [0.4, 0.5) is 0 Å². The lowest BCUT2D eigenvalue weighted by molar-refractivity contribution is -0.153. The van der Waals surface area contributed by atoms with Crippen LogP contribution < -0.4 is 5.73 Å². The number of nitrogens with zero attached hydrogens (tertiary/aromatic N) is 5. The summed E-state index contributed by atoms with van der Waals surface area (Å²) in [5.74, 6) is -0.779. The molecule has 0 saturated carbocycles. The van der Waals surface area contributed by atoms with Gasteiger partial charge in [-0.15, -0.1) is 28.6 Å².